The van der Waals surface area contributed by atoms with E-state index in [1.54, 1.807) is 0 Å². The first-order valence-electron chi connectivity index (χ1n) is 7.19. The largest absolute Gasteiger partial charge is 0.445 e. The normalized spacial score (nSPS) is 10.6. The van der Waals surface area contributed by atoms with Gasteiger partial charge in [-0.25, -0.2) is 4.79 Å². The molecule has 1 amide bonds. The van der Waals surface area contributed by atoms with Crippen LogP contribution in [0.2, 0.25) is 0 Å². The number of nitrogens with one attached hydrogen (secondary N) is 1. The molecule has 0 radical (unpaired) electrons. The molecule has 114 valence electrons. The quantitative estimate of drug-likeness (QED) is 0.916. The van der Waals surface area contributed by atoms with Gasteiger partial charge in [-0.15, -0.1) is 0 Å². The highest BCUT2D eigenvalue weighted by Gasteiger charge is 2.00. The molecule has 2 aromatic rings. The number of ether oxygens (including phenoxy) is 1. The van der Waals surface area contributed by atoms with Crippen LogP contribution >= 0.6 is 0 Å². The number of pyridine rings is 1. The third kappa shape index (κ3) is 5.05. The summed E-state index contributed by atoms with van der Waals surface area (Å²) in [6, 6.07) is 11.7. The summed E-state index contributed by atoms with van der Waals surface area (Å²) in [7, 11) is 0. The molecule has 0 aliphatic rings. The average molecular weight is 296 g/mol. The summed E-state index contributed by atoms with van der Waals surface area (Å²) in [5, 5.41) is 2.68. The fourth-order valence-electron chi connectivity index (χ4n) is 1.99. The second-order valence-electron chi connectivity index (χ2n) is 5.06. The topological polar surface area (TPSA) is 51.2 Å². The molecule has 0 fully saturated rings. The van der Waals surface area contributed by atoms with Crippen molar-refractivity contribution in [1.82, 2.24) is 10.3 Å². The minimum Gasteiger partial charge on any atom is -0.445 e. The molecule has 1 aromatic heterocycles. The number of alkyl carbamates (subject to hydrolysis) is 1. The Labute approximate surface area is 130 Å². The third-order valence-corrected chi connectivity index (χ3v) is 3.11. The van der Waals surface area contributed by atoms with Gasteiger partial charge in [0.2, 0.25) is 0 Å². The van der Waals surface area contributed by atoms with Crippen LogP contribution in [0.3, 0.4) is 0 Å². The molecule has 0 atom stereocenters. The molecule has 0 spiro atoms. The monoisotopic (exact) mass is 296 g/mol. The summed E-state index contributed by atoms with van der Waals surface area (Å²) in [4.78, 5) is 15.9. The predicted octanol–water partition coefficient (Wildman–Crippen LogP) is 3.64. The highest BCUT2D eigenvalue weighted by Crippen LogP contribution is 2.08. The van der Waals surface area contributed by atoms with Crippen LogP contribution in [0.25, 0.3) is 6.08 Å². The molecule has 4 heteroatoms. The molecule has 22 heavy (non-hydrogen) atoms. The Morgan fingerprint density at radius 3 is 2.77 bits per heavy atom. The van der Waals surface area contributed by atoms with E-state index in [1.807, 2.05) is 62.5 Å². The summed E-state index contributed by atoms with van der Waals surface area (Å²) in [6.07, 6.45) is 5.15. The van der Waals surface area contributed by atoms with E-state index in [2.05, 4.69) is 16.4 Å². The number of hydrogen-bond acceptors (Lipinski definition) is 3. The van der Waals surface area contributed by atoms with Crippen molar-refractivity contribution in [3.05, 3.63) is 71.1 Å². The summed E-state index contributed by atoms with van der Waals surface area (Å²) >= 11 is 0. The Bertz CT molecular complexity index is 651. The zero-order chi connectivity index (χ0) is 15.8. The van der Waals surface area contributed by atoms with Gasteiger partial charge in [0, 0.05) is 12.7 Å². The van der Waals surface area contributed by atoms with Crippen molar-refractivity contribution >= 4 is 12.2 Å². The number of benzene rings is 1. The van der Waals surface area contributed by atoms with Crippen LogP contribution in [0.1, 0.15) is 22.4 Å². The van der Waals surface area contributed by atoms with Crippen LogP contribution < -0.4 is 5.32 Å². The minimum atomic E-state index is -0.429. The molecular weight excluding hydrogens is 276 g/mol. The van der Waals surface area contributed by atoms with E-state index in [1.165, 1.54) is 0 Å². The van der Waals surface area contributed by atoms with Gasteiger partial charge >= 0.3 is 6.09 Å². The Kier molecular flexibility index (Phi) is 5.72. The van der Waals surface area contributed by atoms with Crippen LogP contribution in [0.5, 0.6) is 0 Å². The van der Waals surface area contributed by atoms with Crippen molar-refractivity contribution < 1.29 is 9.53 Å². The van der Waals surface area contributed by atoms with Crippen LogP contribution in [-0.2, 0) is 11.3 Å². The van der Waals surface area contributed by atoms with Gasteiger partial charge in [-0.3, -0.25) is 4.98 Å². The van der Waals surface area contributed by atoms with Gasteiger partial charge in [-0.1, -0.05) is 42.5 Å². The molecule has 0 saturated carbocycles. The SMILES string of the molecule is Cc1cnc(C=CCNC(=O)OCc2ccccc2)c(C)c1. The van der Waals surface area contributed by atoms with E-state index in [-0.39, 0.29) is 6.61 Å². The van der Waals surface area contributed by atoms with E-state index in [9.17, 15) is 4.79 Å². The number of carbonyl (C=O) groups excluding carboxylic acids is 1. The second-order valence-corrected chi connectivity index (χ2v) is 5.06. The third-order valence-electron chi connectivity index (χ3n) is 3.11. The van der Waals surface area contributed by atoms with Crippen molar-refractivity contribution in [2.45, 2.75) is 20.5 Å². The van der Waals surface area contributed by atoms with Crippen LogP contribution in [0.4, 0.5) is 4.79 Å². The summed E-state index contributed by atoms with van der Waals surface area (Å²) in [5.41, 5.74) is 4.12. The number of aryl methyl sites for hydroxylation is 2. The number of hydrogen-bond donors (Lipinski definition) is 1. The van der Waals surface area contributed by atoms with Crippen LogP contribution in [0.15, 0.2) is 48.7 Å². The van der Waals surface area contributed by atoms with Crippen molar-refractivity contribution in [3.63, 3.8) is 0 Å². The molecule has 1 aromatic carbocycles. The van der Waals surface area contributed by atoms with E-state index in [4.69, 9.17) is 4.74 Å². The number of rotatable bonds is 5. The van der Waals surface area contributed by atoms with Crippen LogP contribution in [-0.4, -0.2) is 17.6 Å². The second kappa shape index (κ2) is 7.98. The maximum Gasteiger partial charge on any atom is 0.407 e. The number of carbonyl (C=O) groups is 1. The van der Waals surface area contributed by atoms with E-state index in [0.29, 0.717) is 6.54 Å². The van der Waals surface area contributed by atoms with Gasteiger partial charge in [0.15, 0.2) is 0 Å². The first kappa shape index (κ1) is 15.8. The van der Waals surface area contributed by atoms with Gasteiger partial charge in [0.1, 0.15) is 6.61 Å². The lowest BCUT2D eigenvalue weighted by Gasteiger charge is -2.05. The minimum absolute atomic E-state index is 0.273. The lowest BCUT2D eigenvalue weighted by atomic mass is 10.1. The van der Waals surface area contributed by atoms with Crippen molar-refractivity contribution in [2.24, 2.45) is 0 Å². The molecular formula is C18H20N2O2. The van der Waals surface area contributed by atoms with E-state index >= 15 is 0 Å². The van der Waals surface area contributed by atoms with E-state index in [0.717, 1.165) is 22.4 Å². The lowest BCUT2D eigenvalue weighted by molar-refractivity contribution is 0.141. The maximum absolute atomic E-state index is 11.6. The van der Waals surface area contributed by atoms with Crippen molar-refractivity contribution in [1.29, 1.82) is 0 Å². The Morgan fingerprint density at radius 1 is 1.27 bits per heavy atom. The Morgan fingerprint density at radius 2 is 2.05 bits per heavy atom. The first-order chi connectivity index (χ1) is 10.6. The van der Waals surface area contributed by atoms with Gasteiger partial charge in [-0.2, -0.15) is 0 Å². The summed E-state index contributed by atoms with van der Waals surface area (Å²) in [5.74, 6) is 0. The van der Waals surface area contributed by atoms with Crippen LogP contribution in [0, 0.1) is 13.8 Å². The summed E-state index contributed by atoms with van der Waals surface area (Å²) in [6.45, 7) is 4.71. The first-order valence-corrected chi connectivity index (χ1v) is 7.19. The molecule has 4 nitrogen and oxygen atoms in total. The maximum atomic E-state index is 11.6. The molecule has 0 unspecified atom stereocenters. The zero-order valence-electron chi connectivity index (χ0n) is 12.9. The van der Waals surface area contributed by atoms with Gasteiger partial charge in [-0.05, 0) is 36.6 Å². The molecule has 2 rings (SSSR count). The molecule has 0 aliphatic heterocycles. The fourth-order valence-corrected chi connectivity index (χ4v) is 1.99. The Hall–Kier alpha value is -2.62. The molecule has 1 N–H and O–H groups in total. The zero-order valence-corrected chi connectivity index (χ0v) is 12.9. The highest BCUT2D eigenvalue weighted by atomic mass is 16.5. The van der Waals surface area contributed by atoms with Crippen molar-refractivity contribution in [2.75, 3.05) is 6.54 Å². The van der Waals surface area contributed by atoms with Gasteiger partial charge < -0.3 is 10.1 Å². The standard InChI is InChI=1S/C18H20N2O2/c1-14-11-15(2)17(20-12-14)9-6-10-19-18(21)22-13-16-7-4-3-5-8-16/h3-9,11-12H,10,13H2,1-2H3,(H,19,21). The predicted molar refractivity (Wildman–Crippen MR) is 87.4 cm³/mol. The number of nitrogens with zero attached hydrogens (tertiary/aromatic N) is 1. The van der Waals surface area contributed by atoms with Gasteiger partial charge in [0.05, 0.1) is 5.69 Å². The van der Waals surface area contributed by atoms with Crippen molar-refractivity contribution in [3.8, 4) is 0 Å². The fraction of sp³-hybridized carbons (Fsp3) is 0.222. The molecule has 0 bridgehead atoms. The average Bonchev–Trinajstić information content (AvgIpc) is 2.52. The van der Waals surface area contributed by atoms with Gasteiger partial charge in [0.25, 0.3) is 0 Å². The molecule has 1 heterocycles. The van der Waals surface area contributed by atoms with E-state index < -0.39 is 6.09 Å². The molecule has 0 saturated heterocycles. The Balaban J connectivity index is 1.73. The number of aromatic nitrogens is 1. The summed E-state index contributed by atoms with van der Waals surface area (Å²) < 4.78 is 5.12. The lowest BCUT2D eigenvalue weighted by Crippen LogP contribution is -2.24. The highest BCUT2D eigenvalue weighted by molar-refractivity contribution is 5.67. The molecule has 0 aliphatic carbocycles. The number of amides is 1. The smallest absolute Gasteiger partial charge is 0.407 e.